The van der Waals surface area contributed by atoms with E-state index in [2.05, 4.69) is 26.1 Å². The molecule has 0 aliphatic carbocycles. The quantitative estimate of drug-likeness (QED) is 0.613. The molecule has 144 valence electrons. The number of rotatable bonds is 5. The normalized spacial score (nSPS) is 11.9. The summed E-state index contributed by atoms with van der Waals surface area (Å²) in [5.41, 5.74) is 2.21. The molecule has 0 amide bonds. The fourth-order valence-electron chi connectivity index (χ4n) is 2.78. The van der Waals surface area contributed by atoms with Gasteiger partial charge >= 0.3 is 0 Å². The second-order valence-corrected chi connectivity index (χ2v) is 9.03. The van der Waals surface area contributed by atoms with Crippen molar-refractivity contribution < 1.29 is 9.47 Å². The van der Waals surface area contributed by atoms with Gasteiger partial charge in [0.05, 0.1) is 18.3 Å². The van der Waals surface area contributed by atoms with Gasteiger partial charge < -0.3 is 14.8 Å². The summed E-state index contributed by atoms with van der Waals surface area (Å²) >= 11 is 1.64. The predicted molar refractivity (Wildman–Crippen MR) is 113 cm³/mol. The molecule has 1 aromatic carbocycles. The summed E-state index contributed by atoms with van der Waals surface area (Å²) in [6, 6.07) is 8.17. The van der Waals surface area contributed by atoms with Crippen molar-refractivity contribution in [1.29, 1.82) is 0 Å². The van der Waals surface area contributed by atoms with E-state index in [0.717, 1.165) is 43.8 Å². The van der Waals surface area contributed by atoms with Crippen LogP contribution in [0.15, 0.2) is 24.3 Å². The van der Waals surface area contributed by atoms with Gasteiger partial charge in [0.15, 0.2) is 5.13 Å². The lowest BCUT2D eigenvalue weighted by Crippen LogP contribution is -2.23. The smallest absolute Gasteiger partial charge is 0.183 e. The number of nitrogens with zero attached hydrogens (tertiary/aromatic N) is 2. The van der Waals surface area contributed by atoms with Crippen molar-refractivity contribution in [3.63, 3.8) is 0 Å². The Hall–Kier alpha value is -2.34. The monoisotopic (exact) mass is 385 g/mol. The Morgan fingerprint density at radius 2 is 1.85 bits per heavy atom. The number of anilines is 1. The van der Waals surface area contributed by atoms with Gasteiger partial charge in [-0.2, -0.15) is 0 Å². The Bertz CT molecular complexity index is 958. The first kappa shape index (κ1) is 19.4. The molecular formula is C21H27N3O2S. The zero-order chi connectivity index (χ0) is 19.8. The van der Waals surface area contributed by atoms with E-state index in [4.69, 9.17) is 19.4 Å². The zero-order valence-corrected chi connectivity index (χ0v) is 17.8. The van der Waals surface area contributed by atoms with Crippen LogP contribution in [-0.2, 0) is 0 Å². The molecule has 0 aliphatic rings. The van der Waals surface area contributed by atoms with Crippen molar-refractivity contribution >= 4 is 27.4 Å². The lowest BCUT2D eigenvalue weighted by molar-refractivity contribution is 0.133. The van der Waals surface area contributed by atoms with Gasteiger partial charge in [0.2, 0.25) is 0 Å². The van der Waals surface area contributed by atoms with Crippen LogP contribution in [0.3, 0.4) is 0 Å². The van der Waals surface area contributed by atoms with Gasteiger partial charge in [0.1, 0.15) is 22.8 Å². The zero-order valence-electron chi connectivity index (χ0n) is 17.0. The predicted octanol–water partition coefficient (Wildman–Crippen LogP) is 5.67. The minimum absolute atomic E-state index is 0.313. The first-order chi connectivity index (χ1) is 12.7. The van der Waals surface area contributed by atoms with Gasteiger partial charge in [-0.25, -0.2) is 9.97 Å². The molecule has 27 heavy (non-hydrogen) atoms. The Morgan fingerprint density at radius 1 is 1.11 bits per heavy atom. The van der Waals surface area contributed by atoms with Gasteiger partial charge in [-0.05, 0) is 53.7 Å². The standard InChI is InChI=1S/C21H27N3O2S/c1-12(2)22-20-24-19(13(3)27-20)17-11-18(26-21(4,5)6)15-9-8-14(25-7)10-16(15)23-17/h8-12H,1-7H3,(H,22,24). The Balaban J connectivity index is 2.16. The number of pyridine rings is 1. The minimum atomic E-state index is -0.313. The number of nitrogens with one attached hydrogen (secondary N) is 1. The van der Waals surface area contributed by atoms with Crippen molar-refractivity contribution in [3.8, 4) is 22.9 Å². The SMILES string of the molecule is COc1ccc2c(OC(C)(C)C)cc(-c3nc(NC(C)C)sc3C)nc2c1. The van der Waals surface area contributed by atoms with E-state index in [9.17, 15) is 0 Å². The van der Waals surface area contributed by atoms with E-state index in [1.54, 1.807) is 18.4 Å². The van der Waals surface area contributed by atoms with E-state index >= 15 is 0 Å². The van der Waals surface area contributed by atoms with Gasteiger partial charge in [0.25, 0.3) is 0 Å². The van der Waals surface area contributed by atoms with Crippen LogP contribution in [0.4, 0.5) is 5.13 Å². The molecule has 0 radical (unpaired) electrons. The first-order valence-electron chi connectivity index (χ1n) is 9.08. The number of ether oxygens (including phenoxy) is 2. The highest BCUT2D eigenvalue weighted by Gasteiger charge is 2.19. The van der Waals surface area contributed by atoms with Crippen LogP contribution in [0.2, 0.25) is 0 Å². The molecule has 3 aromatic rings. The van der Waals surface area contributed by atoms with Gasteiger partial charge in [-0.1, -0.05) is 0 Å². The maximum atomic E-state index is 6.24. The van der Waals surface area contributed by atoms with E-state index in [1.807, 2.05) is 45.0 Å². The maximum Gasteiger partial charge on any atom is 0.183 e. The average Bonchev–Trinajstić information content (AvgIpc) is 2.92. The molecule has 0 atom stereocenters. The van der Waals surface area contributed by atoms with E-state index in [-0.39, 0.29) is 5.60 Å². The molecule has 0 saturated carbocycles. The fraction of sp³-hybridized carbons (Fsp3) is 0.429. The van der Waals surface area contributed by atoms with Crippen LogP contribution in [0.5, 0.6) is 11.5 Å². The lowest BCUT2D eigenvalue weighted by atomic mass is 10.1. The van der Waals surface area contributed by atoms with Crippen molar-refractivity contribution in [2.75, 3.05) is 12.4 Å². The topological polar surface area (TPSA) is 56.3 Å². The Kier molecular flexibility index (Phi) is 5.29. The summed E-state index contributed by atoms with van der Waals surface area (Å²) in [5.74, 6) is 1.57. The van der Waals surface area contributed by atoms with Crippen LogP contribution in [0, 0.1) is 6.92 Å². The molecule has 0 spiro atoms. The highest BCUT2D eigenvalue weighted by atomic mass is 32.1. The lowest BCUT2D eigenvalue weighted by Gasteiger charge is -2.23. The van der Waals surface area contributed by atoms with Crippen LogP contribution in [0.1, 0.15) is 39.5 Å². The van der Waals surface area contributed by atoms with Gasteiger partial charge in [-0.3, -0.25) is 0 Å². The summed E-state index contributed by atoms with van der Waals surface area (Å²) in [5, 5.41) is 5.24. The summed E-state index contributed by atoms with van der Waals surface area (Å²) in [6.07, 6.45) is 0. The number of aromatic nitrogens is 2. The molecule has 0 fully saturated rings. The first-order valence-corrected chi connectivity index (χ1v) is 9.90. The molecule has 1 N–H and O–H groups in total. The summed E-state index contributed by atoms with van der Waals surface area (Å²) in [7, 11) is 1.66. The van der Waals surface area contributed by atoms with Crippen LogP contribution >= 0.6 is 11.3 Å². The highest BCUT2D eigenvalue weighted by Crippen LogP contribution is 2.36. The molecule has 3 rings (SSSR count). The second-order valence-electron chi connectivity index (χ2n) is 7.83. The average molecular weight is 386 g/mol. The third-order valence-electron chi connectivity index (χ3n) is 3.85. The van der Waals surface area contributed by atoms with Crippen molar-refractivity contribution in [2.24, 2.45) is 0 Å². The van der Waals surface area contributed by atoms with Crippen molar-refractivity contribution in [3.05, 3.63) is 29.1 Å². The molecule has 2 heterocycles. The number of hydrogen-bond donors (Lipinski definition) is 1. The van der Waals surface area contributed by atoms with Crippen molar-refractivity contribution in [2.45, 2.75) is 53.2 Å². The summed E-state index contributed by atoms with van der Waals surface area (Å²) in [4.78, 5) is 10.7. The third kappa shape index (κ3) is 4.50. The fourth-order valence-corrected chi connectivity index (χ4v) is 3.75. The number of hydrogen-bond acceptors (Lipinski definition) is 6. The third-order valence-corrected chi connectivity index (χ3v) is 4.75. The second kappa shape index (κ2) is 7.35. The van der Waals surface area contributed by atoms with Crippen molar-refractivity contribution in [1.82, 2.24) is 9.97 Å². The molecule has 0 unspecified atom stereocenters. The summed E-state index contributed by atoms with van der Waals surface area (Å²) < 4.78 is 11.6. The van der Waals surface area contributed by atoms with Gasteiger partial charge in [0, 0.05) is 28.4 Å². The minimum Gasteiger partial charge on any atom is -0.497 e. The van der Waals surface area contributed by atoms with E-state index < -0.39 is 0 Å². The van der Waals surface area contributed by atoms with E-state index in [0.29, 0.717) is 6.04 Å². The molecule has 0 saturated heterocycles. The van der Waals surface area contributed by atoms with Crippen LogP contribution in [-0.4, -0.2) is 28.7 Å². The van der Waals surface area contributed by atoms with Crippen LogP contribution < -0.4 is 14.8 Å². The number of fused-ring (bicyclic) bond motifs is 1. The summed E-state index contributed by atoms with van der Waals surface area (Å²) in [6.45, 7) is 12.4. The molecule has 6 heteroatoms. The number of benzene rings is 1. The molecular weight excluding hydrogens is 358 g/mol. The Labute approximate surface area is 164 Å². The number of aryl methyl sites for hydroxylation is 1. The molecule has 0 aliphatic heterocycles. The Morgan fingerprint density at radius 3 is 2.48 bits per heavy atom. The number of thiazole rings is 1. The largest absolute Gasteiger partial charge is 0.497 e. The van der Waals surface area contributed by atoms with Gasteiger partial charge in [-0.15, -0.1) is 11.3 Å². The molecule has 2 aromatic heterocycles. The molecule has 0 bridgehead atoms. The molecule has 5 nitrogen and oxygen atoms in total. The number of methoxy groups -OCH3 is 1. The maximum absolute atomic E-state index is 6.24. The van der Waals surface area contributed by atoms with Crippen LogP contribution in [0.25, 0.3) is 22.3 Å². The highest BCUT2D eigenvalue weighted by molar-refractivity contribution is 7.16. The van der Waals surface area contributed by atoms with E-state index in [1.165, 1.54) is 0 Å².